The molecule has 0 aliphatic carbocycles. The minimum atomic E-state index is -3.07. The molecular formula is C14H9F3N2O3. The Morgan fingerprint density at radius 3 is 2.45 bits per heavy atom. The van der Waals surface area contributed by atoms with Gasteiger partial charge in [-0.2, -0.15) is 8.78 Å². The van der Waals surface area contributed by atoms with E-state index in [1.165, 1.54) is 24.3 Å². The van der Waals surface area contributed by atoms with Crippen molar-refractivity contribution in [2.45, 2.75) is 6.61 Å². The van der Waals surface area contributed by atoms with Crippen molar-refractivity contribution in [1.29, 1.82) is 0 Å². The number of nitro groups is 1. The zero-order valence-corrected chi connectivity index (χ0v) is 10.9. The van der Waals surface area contributed by atoms with Crippen LogP contribution >= 0.6 is 0 Å². The van der Waals surface area contributed by atoms with E-state index in [1.54, 1.807) is 0 Å². The number of nitrogens with zero attached hydrogens (tertiary/aromatic N) is 2. The molecule has 8 heteroatoms. The molecule has 0 saturated heterocycles. The highest BCUT2D eigenvalue weighted by Gasteiger charge is 2.13. The summed E-state index contributed by atoms with van der Waals surface area (Å²) in [5.74, 6) is -0.692. The Bertz CT molecular complexity index is 703. The third-order valence-electron chi connectivity index (χ3n) is 2.60. The third-order valence-corrected chi connectivity index (χ3v) is 2.60. The largest absolute Gasteiger partial charge is 0.434 e. The van der Waals surface area contributed by atoms with Gasteiger partial charge >= 0.3 is 6.61 Å². The first-order valence-electron chi connectivity index (χ1n) is 5.98. The van der Waals surface area contributed by atoms with Gasteiger partial charge in [0, 0.05) is 23.9 Å². The van der Waals surface area contributed by atoms with E-state index >= 15 is 0 Å². The lowest BCUT2D eigenvalue weighted by Gasteiger charge is -2.07. The minimum absolute atomic E-state index is 0.0128. The summed E-state index contributed by atoms with van der Waals surface area (Å²) >= 11 is 0. The van der Waals surface area contributed by atoms with Crippen LogP contribution in [0.5, 0.6) is 5.75 Å². The van der Waals surface area contributed by atoms with Gasteiger partial charge in [-0.15, -0.1) is 0 Å². The van der Waals surface area contributed by atoms with Gasteiger partial charge in [-0.25, -0.2) is 4.39 Å². The van der Waals surface area contributed by atoms with Crippen molar-refractivity contribution < 1.29 is 22.8 Å². The van der Waals surface area contributed by atoms with Crippen molar-refractivity contribution in [3.05, 3.63) is 64.0 Å². The maximum atomic E-state index is 12.8. The Labute approximate surface area is 122 Å². The summed E-state index contributed by atoms with van der Waals surface area (Å²) in [5, 5.41) is 10.7. The Morgan fingerprint density at radius 2 is 1.86 bits per heavy atom. The molecule has 22 heavy (non-hydrogen) atoms. The predicted molar refractivity (Wildman–Crippen MR) is 73.4 cm³/mol. The predicted octanol–water partition coefficient (Wildman–Crippen LogP) is 4.09. The van der Waals surface area contributed by atoms with E-state index in [0.717, 1.165) is 24.4 Å². The SMILES string of the molecule is O=[N+]([O-])c1ccc(OC(F)F)c(/C=N/c2ccc(F)cc2)c1. The van der Waals surface area contributed by atoms with E-state index in [9.17, 15) is 23.3 Å². The van der Waals surface area contributed by atoms with Crippen molar-refractivity contribution in [2.24, 2.45) is 4.99 Å². The van der Waals surface area contributed by atoms with Crippen LogP contribution in [-0.4, -0.2) is 17.7 Å². The number of hydrogen-bond acceptors (Lipinski definition) is 4. The molecule has 0 radical (unpaired) electrons. The monoisotopic (exact) mass is 310 g/mol. The minimum Gasteiger partial charge on any atom is -0.434 e. The van der Waals surface area contributed by atoms with Crippen LogP contribution < -0.4 is 4.74 Å². The van der Waals surface area contributed by atoms with Crippen LogP contribution in [0.2, 0.25) is 0 Å². The van der Waals surface area contributed by atoms with E-state index in [2.05, 4.69) is 9.73 Å². The number of alkyl halides is 2. The number of halogens is 3. The highest BCUT2D eigenvalue weighted by Crippen LogP contribution is 2.25. The van der Waals surface area contributed by atoms with E-state index in [4.69, 9.17) is 0 Å². The second kappa shape index (κ2) is 6.70. The summed E-state index contributed by atoms with van der Waals surface area (Å²) < 4.78 is 41.7. The molecule has 2 aromatic carbocycles. The van der Waals surface area contributed by atoms with Gasteiger partial charge in [-0.3, -0.25) is 15.1 Å². The molecule has 0 N–H and O–H groups in total. The van der Waals surface area contributed by atoms with Crippen LogP contribution in [0.15, 0.2) is 47.5 Å². The second-order valence-electron chi connectivity index (χ2n) is 4.09. The molecule has 0 bridgehead atoms. The number of hydrogen-bond donors (Lipinski definition) is 0. The molecule has 0 heterocycles. The Morgan fingerprint density at radius 1 is 1.18 bits per heavy atom. The fourth-order valence-electron chi connectivity index (χ4n) is 1.62. The molecule has 0 unspecified atom stereocenters. The maximum absolute atomic E-state index is 12.8. The van der Waals surface area contributed by atoms with Crippen molar-refractivity contribution >= 4 is 17.6 Å². The normalized spacial score (nSPS) is 11.1. The number of nitro benzene ring substituents is 1. The lowest BCUT2D eigenvalue weighted by atomic mass is 10.2. The third kappa shape index (κ3) is 4.05. The Hall–Kier alpha value is -2.90. The van der Waals surface area contributed by atoms with Crippen LogP contribution in [0.1, 0.15) is 5.56 Å². The highest BCUT2D eigenvalue weighted by atomic mass is 19.3. The first-order chi connectivity index (χ1) is 10.5. The average Bonchev–Trinajstić information content (AvgIpc) is 2.47. The lowest BCUT2D eigenvalue weighted by molar-refractivity contribution is -0.384. The Balaban J connectivity index is 2.35. The Kier molecular flexibility index (Phi) is 4.72. The summed E-state index contributed by atoms with van der Waals surface area (Å²) in [6, 6.07) is 8.27. The molecule has 2 rings (SSSR count). The van der Waals surface area contributed by atoms with Crippen LogP contribution in [-0.2, 0) is 0 Å². The first-order valence-corrected chi connectivity index (χ1v) is 5.98. The van der Waals surface area contributed by atoms with Gasteiger partial charge < -0.3 is 4.74 Å². The molecule has 0 aliphatic heterocycles. The molecule has 0 fully saturated rings. The first kappa shape index (κ1) is 15.5. The summed E-state index contributed by atoms with van der Waals surface area (Å²) in [7, 11) is 0. The fourth-order valence-corrected chi connectivity index (χ4v) is 1.62. The summed E-state index contributed by atoms with van der Waals surface area (Å²) in [6.45, 7) is -3.07. The summed E-state index contributed by atoms with van der Waals surface area (Å²) in [6.07, 6.45) is 1.14. The molecule has 114 valence electrons. The number of aliphatic imine (C=N–C) groups is 1. The molecule has 0 atom stereocenters. The molecule has 2 aromatic rings. The van der Waals surface area contributed by atoms with E-state index < -0.39 is 17.4 Å². The average molecular weight is 310 g/mol. The van der Waals surface area contributed by atoms with Gasteiger partial charge in [0.15, 0.2) is 0 Å². The smallest absolute Gasteiger partial charge is 0.387 e. The van der Waals surface area contributed by atoms with E-state index in [-0.39, 0.29) is 17.0 Å². The van der Waals surface area contributed by atoms with Gasteiger partial charge in [0.1, 0.15) is 11.6 Å². The van der Waals surface area contributed by atoms with Crippen LogP contribution in [0.3, 0.4) is 0 Å². The van der Waals surface area contributed by atoms with Crippen LogP contribution in [0.4, 0.5) is 24.5 Å². The summed E-state index contributed by atoms with van der Waals surface area (Å²) in [5.41, 5.74) is 0.0805. The zero-order chi connectivity index (χ0) is 16.1. The van der Waals surface area contributed by atoms with Crippen molar-refractivity contribution in [2.75, 3.05) is 0 Å². The molecule has 0 spiro atoms. The number of benzene rings is 2. The van der Waals surface area contributed by atoms with Crippen molar-refractivity contribution in [3.8, 4) is 5.75 Å². The number of non-ortho nitro benzene ring substituents is 1. The maximum Gasteiger partial charge on any atom is 0.387 e. The molecule has 0 aromatic heterocycles. The van der Waals surface area contributed by atoms with Gasteiger partial charge in [-0.05, 0) is 30.3 Å². The molecule has 0 saturated carbocycles. The fraction of sp³-hybridized carbons (Fsp3) is 0.0714. The van der Waals surface area contributed by atoms with E-state index in [0.29, 0.717) is 5.69 Å². The number of rotatable bonds is 5. The highest BCUT2D eigenvalue weighted by molar-refractivity contribution is 5.86. The zero-order valence-electron chi connectivity index (χ0n) is 10.9. The standard InChI is InChI=1S/C14H9F3N2O3/c15-10-1-3-11(4-2-10)18-8-9-7-12(19(20)21)5-6-13(9)22-14(16)17/h1-8,14H/b18-8+. The second-order valence-corrected chi connectivity index (χ2v) is 4.09. The summed E-state index contributed by atoms with van der Waals surface area (Å²) in [4.78, 5) is 14.0. The number of ether oxygens (including phenoxy) is 1. The van der Waals surface area contributed by atoms with Crippen LogP contribution in [0, 0.1) is 15.9 Å². The van der Waals surface area contributed by atoms with Crippen molar-refractivity contribution in [3.63, 3.8) is 0 Å². The van der Waals surface area contributed by atoms with Gasteiger partial charge in [0.2, 0.25) is 0 Å². The van der Waals surface area contributed by atoms with Gasteiger partial charge in [-0.1, -0.05) is 0 Å². The molecule has 0 amide bonds. The molecular weight excluding hydrogens is 301 g/mol. The quantitative estimate of drug-likeness (QED) is 0.475. The molecule has 0 aliphatic rings. The van der Waals surface area contributed by atoms with Gasteiger partial charge in [0.05, 0.1) is 10.6 Å². The lowest BCUT2D eigenvalue weighted by Crippen LogP contribution is -2.04. The van der Waals surface area contributed by atoms with E-state index in [1.807, 2.05) is 0 Å². The van der Waals surface area contributed by atoms with Crippen LogP contribution in [0.25, 0.3) is 0 Å². The van der Waals surface area contributed by atoms with Gasteiger partial charge in [0.25, 0.3) is 5.69 Å². The van der Waals surface area contributed by atoms with Crippen molar-refractivity contribution in [1.82, 2.24) is 0 Å². The topological polar surface area (TPSA) is 64.7 Å². The molecule has 5 nitrogen and oxygen atoms in total.